The number of ether oxygens (including phenoxy) is 2. The van der Waals surface area contributed by atoms with E-state index in [9.17, 15) is 9.59 Å². The standard InChI is InChI=1S/C16H19N3O4/c1-10(11-6-5-7-12(8-11)22-3)19-14(16(21)23-4)9-13(18-19)15(20)17-2/h5-10H,1-4H3,(H,17,20)/t10-/m0/s1. The average Bonchev–Trinajstić information content (AvgIpc) is 3.05. The van der Waals surface area contributed by atoms with Gasteiger partial charge in [-0.1, -0.05) is 12.1 Å². The first-order valence-electron chi connectivity index (χ1n) is 7.05. The molecule has 7 heteroatoms. The first-order chi connectivity index (χ1) is 11.0. The molecule has 1 heterocycles. The number of carbonyl (C=O) groups is 2. The Kier molecular flexibility index (Phi) is 5.00. The Morgan fingerprint density at radius 1 is 1.26 bits per heavy atom. The minimum absolute atomic E-state index is 0.155. The van der Waals surface area contributed by atoms with Crippen LogP contribution in [0.3, 0.4) is 0 Å². The Morgan fingerprint density at radius 2 is 2.00 bits per heavy atom. The SMILES string of the molecule is CNC(=O)c1cc(C(=O)OC)n([C@@H](C)c2cccc(OC)c2)n1. The van der Waals surface area contributed by atoms with Crippen molar-refractivity contribution in [1.82, 2.24) is 15.1 Å². The van der Waals surface area contributed by atoms with Gasteiger partial charge in [-0.15, -0.1) is 0 Å². The first kappa shape index (κ1) is 16.5. The molecule has 122 valence electrons. The number of aromatic nitrogens is 2. The zero-order valence-corrected chi connectivity index (χ0v) is 13.5. The van der Waals surface area contributed by atoms with Crippen LogP contribution >= 0.6 is 0 Å². The van der Waals surface area contributed by atoms with Crippen LogP contribution in [0.2, 0.25) is 0 Å². The minimum atomic E-state index is -0.553. The van der Waals surface area contributed by atoms with E-state index in [4.69, 9.17) is 9.47 Å². The normalized spacial score (nSPS) is 11.7. The van der Waals surface area contributed by atoms with Crippen molar-refractivity contribution in [3.63, 3.8) is 0 Å². The molecule has 0 aliphatic heterocycles. The monoisotopic (exact) mass is 317 g/mol. The Hall–Kier alpha value is -2.83. The van der Waals surface area contributed by atoms with Crippen molar-refractivity contribution in [2.75, 3.05) is 21.3 Å². The summed E-state index contributed by atoms with van der Waals surface area (Å²) in [4.78, 5) is 23.8. The van der Waals surface area contributed by atoms with Gasteiger partial charge in [0.2, 0.25) is 0 Å². The highest BCUT2D eigenvalue weighted by Gasteiger charge is 2.23. The summed E-state index contributed by atoms with van der Waals surface area (Å²) < 4.78 is 11.5. The van der Waals surface area contributed by atoms with Gasteiger partial charge in [0.25, 0.3) is 5.91 Å². The van der Waals surface area contributed by atoms with E-state index in [1.807, 2.05) is 31.2 Å². The topological polar surface area (TPSA) is 82.5 Å². The number of carbonyl (C=O) groups excluding carboxylic acids is 2. The summed E-state index contributed by atoms with van der Waals surface area (Å²) in [6.45, 7) is 1.88. The van der Waals surface area contributed by atoms with Crippen LogP contribution in [0.4, 0.5) is 0 Å². The van der Waals surface area contributed by atoms with Crippen molar-refractivity contribution in [2.24, 2.45) is 0 Å². The molecule has 1 N–H and O–H groups in total. The van der Waals surface area contributed by atoms with E-state index in [-0.39, 0.29) is 23.3 Å². The third-order valence-corrected chi connectivity index (χ3v) is 3.53. The second-order valence-corrected chi connectivity index (χ2v) is 4.88. The lowest BCUT2D eigenvalue weighted by Gasteiger charge is -2.16. The number of nitrogens with zero attached hydrogens (tertiary/aromatic N) is 2. The number of rotatable bonds is 5. The lowest BCUT2D eigenvalue weighted by Crippen LogP contribution is -2.19. The number of benzene rings is 1. The number of hydrogen-bond acceptors (Lipinski definition) is 5. The predicted molar refractivity (Wildman–Crippen MR) is 83.8 cm³/mol. The van der Waals surface area contributed by atoms with Gasteiger partial charge in [0, 0.05) is 13.1 Å². The summed E-state index contributed by atoms with van der Waals surface area (Å²) in [6, 6.07) is 8.57. The predicted octanol–water partition coefficient (Wildman–Crippen LogP) is 1.65. The van der Waals surface area contributed by atoms with Crippen LogP contribution in [-0.4, -0.2) is 42.9 Å². The number of amides is 1. The number of methoxy groups -OCH3 is 2. The summed E-state index contributed by atoms with van der Waals surface area (Å²) >= 11 is 0. The van der Waals surface area contributed by atoms with Crippen LogP contribution in [0.5, 0.6) is 5.75 Å². The Labute approximate surface area is 134 Å². The summed E-state index contributed by atoms with van der Waals surface area (Å²) in [5, 5.41) is 6.73. The molecule has 0 bridgehead atoms. The third-order valence-electron chi connectivity index (χ3n) is 3.53. The van der Waals surface area contributed by atoms with E-state index in [1.54, 1.807) is 7.11 Å². The second kappa shape index (κ2) is 6.95. The van der Waals surface area contributed by atoms with E-state index in [2.05, 4.69) is 10.4 Å². The summed E-state index contributed by atoms with van der Waals surface area (Å²) in [7, 11) is 4.38. The minimum Gasteiger partial charge on any atom is -0.497 e. The summed E-state index contributed by atoms with van der Waals surface area (Å²) in [6.07, 6.45) is 0. The van der Waals surface area contributed by atoms with Gasteiger partial charge in [0.15, 0.2) is 5.69 Å². The summed E-state index contributed by atoms with van der Waals surface area (Å²) in [5.74, 6) is -0.221. The molecule has 0 fully saturated rings. The van der Waals surface area contributed by atoms with Crippen molar-refractivity contribution in [2.45, 2.75) is 13.0 Å². The van der Waals surface area contributed by atoms with Crippen LogP contribution in [0, 0.1) is 0 Å². The third kappa shape index (κ3) is 3.33. The van der Waals surface area contributed by atoms with E-state index in [0.717, 1.165) is 5.56 Å². The molecule has 0 aliphatic carbocycles. The lowest BCUT2D eigenvalue weighted by molar-refractivity contribution is 0.0585. The maximum Gasteiger partial charge on any atom is 0.356 e. The van der Waals surface area contributed by atoms with Gasteiger partial charge in [-0.25, -0.2) is 4.79 Å². The molecular formula is C16H19N3O4. The number of hydrogen-bond donors (Lipinski definition) is 1. The van der Waals surface area contributed by atoms with Gasteiger partial charge in [-0.3, -0.25) is 9.48 Å². The Morgan fingerprint density at radius 3 is 2.61 bits per heavy atom. The van der Waals surface area contributed by atoms with Crippen LogP contribution in [0.25, 0.3) is 0 Å². The highest BCUT2D eigenvalue weighted by atomic mass is 16.5. The van der Waals surface area contributed by atoms with E-state index >= 15 is 0 Å². The fourth-order valence-electron chi connectivity index (χ4n) is 2.23. The largest absolute Gasteiger partial charge is 0.497 e. The molecule has 0 unspecified atom stereocenters. The van der Waals surface area contributed by atoms with Crippen LogP contribution in [0.1, 0.15) is 39.5 Å². The Balaban J connectivity index is 2.48. The van der Waals surface area contributed by atoms with Gasteiger partial charge in [-0.05, 0) is 24.6 Å². The van der Waals surface area contributed by atoms with Crippen LogP contribution in [0.15, 0.2) is 30.3 Å². The van der Waals surface area contributed by atoms with E-state index < -0.39 is 5.97 Å². The molecule has 0 saturated carbocycles. The fraction of sp³-hybridized carbons (Fsp3) is 0.312. The molecule has 23 heavy (non-hydrogen) atoms. The van der Waals surface area contributed by atoms with Gasteiger partial charge in [-0.2, -0.15) is 5.10 Å². The van der Waals surface area contributed by atoms with Crippen LogP contribution < -0.4 is 10.1 Å². The quantitative estimate of drug-likeness (QED) is 0.848. The molecule has 0 spiro atoms. The van der Waals surface area contributed by atoms with Crippen molar-refractivity contribution >= 4 is 11.9 Å². The molecule has 1 aromatic heterocycles. The first-order valence-corrected chi connectivity index (χ1v) is 7.05. The highest BCUT2D eigenvalue weighted by Crippen LogP contribution is 2.24. The number of nitrogens with one attached hydrogen (secondary N) is 1. The molecule has 2 rings (SSSR count). The molecule has 1 atom stereocenters. The van der Waals surface area contributed by atoms with E-state index in [0.29, 0.717) is 5.75 Å². The molecule has 0 saturated heterocycles. The maximum absolute atomic E-state index is 12.0. The zero-order chi connectivity index (χ0) is 17.0. The number of esters is 1. The van der Waals surface area contributed by atoms with Gasteiger partial charge in [0.1, 0.15) is 11.4 Å². The van der Waals surface area contributed by atoms with Crippen molar-refractivity contribution in [3.05, 3.63) is 47.3 Å². The molecule has 1 amide bonds. The molecule has 0 aliphatic rings. The summed E-state index contributed by atoms with van der Waals surface area (Å²) in [5.41, 5.74) is 1.25. The zero-order valence-electron chi connectivity index (χ0n) is 13.5. The molecule has 7 nitrogen and oxygen atoms in total. The van der Waals surface area contributed by atoms with E-state index in [1.165, 1.54) is 24.9 Å². The highest BCUT2D eigenvalue weighted by molar-refractivity contribution is 5.95. The Bertz CT molecular complexity index is 724. The van der Waals surface area contributed by atoms with Crippen LogP contribution in [-0.2, 0) is 4.74 Å². The lowest BCUT2D eigenvalue weighted by atomic mass is 10.1. The molecule has 1 aromatic carbocycles. The average molecular weight is 317 g/mol. The molecular weight excluding hydrogens is 298 g/mol. The molecule has 2 aromatic rings. The smallest absolute Gasteiger partial charge is 0.356 e. The van der Waals surface area contributed by atoms with Gasteiger partial charge >= 0.3 is 5.97 Å². The van der Waals surface area contributed by atoms with Crippen molar-refractivity contribution in [3.8, 4) is 5.75 Å². The molecule has 0 radical (unpaired) electrons. The fourth-order valence-corrected chi connectivity index (χ4v) is 2.23. The maximum atomic E-state index is 12.0. The van der Waals surface area contributed by atoms with Gasteiger partial charge < -0.3 is 14.8 Å². The van der Waals surface area contributed by atoms with Crippen molar-refractivity contribution < 1.29 is 19.1 Å². The van der Waals surface area contributed by atoms with Crippen molar-refractivity contribution in [1.29, 1.82) is 0 Å². The second-order valence-electron chi connectivity index (χ2n) is 4.88. The van der Waals surface area contributed by atoms with Gasteiger partial charge in [0.05, 0.1) is 20.3 Å².